The Bertz CT molecular complexity index is 3780. The molecule has 0 aliphatic carbocycles. The Balaban J connectivity index is 0.960. The minimum atomic E-state index is 0.641. The van der Waals surface area contributed by atoms with Crippen molar-refractivity contribution in [1.82, 2.24) is 15.0 Å². The van der Waals surface area contributed by atoms with Gasteiger partial charge in [-0.25, -0.2) is 15.0 Å². The van der Waals surface area contributed by atoms with Crippen molar-refractivity contribution in [1.29, 1.82) is 0 Å². The van der Waals surface area contributed by atoms with Gasteiger partial charge in [0.25, 0.3) is 0 Å². The van der Waals surface area contributed by atoms with E-state index in [0.29, 0.717) is 17.5 Å². The van der Waals surface area contributed by atoms with Gasteiger partial charge >= 0.3 is 0 Å². The van der Waals surface area contributed by atoms with E-state index in [1.165, 1.54) is 89.7 Å². The highest BCUT2D eigenvalue weighted by atomic mass is 32.1. The molecular formula is C58H37N3S2. The lowest BCUT2D eigenvalue weighted by Gasteiger charge is -2.12. The molecule has 296 valence electrons. The van der Waals surface area contributed by atoms with Gasteiger partial charge in [-0.05, 0) is 103 Å². The minimum Gasteiger partial charge on any atom is -0.208 e. The number of fused-ring (bicyclic) bond motifs is 10. The summed E-state index contributed by atoms with van der Waals surface area (Å²) in [5, 5.41) is 11.4. The summed E-state index contributed by atoms with van der Waals surface area (Å²) in [6.07, 6.45) is 5.93. The first-order valence-corrected chi connectivity index (χ1v) is 22.8. The second-order valence-corrected chi connectivity index (χ2v) is 18.1. The zero-order valence-corrected chi connectivity index (χ0v) is 36.0. The van der Waals surface area contributed by atoms with Crippen molar-refractivity contribution in [3.63, 3.8) is 0 Å². The molecule has 0 radical (unpaired) electrons. The van der Waals surface area contributed by atoms with Crippen molar-refractivity contribution in [3.8, 4) is 56.4 Å². The lowest BCUT2D eigenvalue weighted by molar-refractivity contribution is 1.08. The van der Waals surface area contributed by atoms with Crippen LogP contribution in [0.1, 0.15) is 10.4 Å². The Morgan fingerprint density at radius 1 is 0.397 bits per heavy atom. The van der Waals surface area contributed by atoms with Gasteiger partial charge in [-0.3, -0.25) is 0 Å². The molecule has 0 saturated heterocycles. The standard InChI is InChI=1S/C58H37N3S2/c1-3-4-22-50-35(2)54-47(21-13-23-52(54)62-50)58-60-56(37-14-6-5-7-15-37)59-57(61-58)38-27-25-36(26-28-38)41-20-12-24-53-55(41)49-34-40(30-32-51(49)63-53)39-29-31-46-44-18-9-8-16-42(44)43-17-10-11-19-45(43)48(46)33-39/h3-34H,1H2,2H3/b22-4-. The SMILES string of the molecule is C=C/C=C\c1sc2cccc(-c3nc(-c4ccccc4)nc(-c4ccc(-c5cccc6sc7ccc(-c8ccc9c%10ccccc%10c%10ccccc%10c9c8)cc7c56)cc4)n3)c2c1C. The number of hydrogen-bond donors (Lipinski definition) is 0. The summed E-state index contributed by atoms with van der Waals surface area (Å²) >= 11 is 3.62. The van der Waals surface area contributed by atoms with E-state index in [1.807, 2.05) is 41.7 Å². The van der Waals surface area contributed by atoms with Gasteiger partial charge in [0.05, 0.1) is 0 Å². The van der Waals surface area contributed by atoms with Crippen LogP contribution in [0.2, 0.25) is 0 Å². The summed E-state index contributed by atoms with van der Waals surface area (Å²) in [6.45, 7) is 6.05. The van der Waals surface area contributed by atoms with E-state index < -0.39 is 0 Å². The lowest BCUT2D eigenvalue weighted by Crippen LogP contribution is -2.00. The molecule has 0 aliphatic rings. The van der Waals surface area contributed by atoms with E-state index >= 15 is 0 Å². The number of allylic oxidation sites excluding steroid dienone is 2. The fourth-order valence-corrected chi connectivity index (χ4v) is 11.6. The molecule has 0 saturated carbocycles. The Morgan fingerprint density at radius 2 is 0.921 bits per heavy atom. The molecule has 0 bridgehead atoms. The molecule has 12 rings (SSSR count). The molecule has 12 aromatic rings. The Hall–Kier alpha value is -7.57. The van der Waals surface area contributed by atoms with Crippen LogP contribution in [-0.4, -0.2) is 15.0 Å². The molecule has 3 nitrogen and oxygen atoms in total. The van der Waals surface area contributed by atoms with Gasteiger partial charge in [0, 0.05) is 51.8 Å². The molecule has 0 atom stereocenters. The number of aromatic nitrogens is 3. The van der Waals surface area contributed by atoms with Crippen LogP contribution >= 0.6 is 22.7 Å². The number of nitrogens with zero attached hydrogens (tertiary/aromatic N) is 3. The van der Waals surface area contributed by atoms with Crippen LogP contribution in [-0.2, 0) is 0 Å². The molecule has 3 heterocycles. The highest BCUT2D eigenvalue weighted by Gasteiger charge is 2.19. The van der Waals surface area contributed by atoms with Crippen LogP contribution < -0.4 is 0 Å². The summed E-state index contributed by atoms with van der Waals surface area (Å²) in [7, 11) is 0. The van der Waals surface area contributed by atoms with Crippen molar-refractivity contribution in [2.45, 2.75) is 6.92 Å². The van der Waals surface area contributed by atoms with Crippen LogP contribution in [0, 0.1) is 6.92 Å². The highest BCUT2D eigenvalue weighted by Crippen LogP contribution is 2.44. The van der Waals surface area contributed by atoms with Crippen LogP contribution in [0.5, 0.6) is 0 Å². The predicted molar refractivity (Wildman–Crippen MR) is 272 cm³/mol. The molecule has 0 fully saturated rings. The van der Waals surface area contributed by atoms with E-state index in [1.54, 1.807) is 11.3 Å². The third-order valence-corrected chi connectivity index (χ3v) is 14.7. The fourth-order valence-electron chi connectivity index (χ4n) is 9.30. The van der Waals surface area contributed by atoms with E-state index in [2.05, 4.69) is 177 Å². The normalized spacial score (nSPS) is 11.9. The van der Waals surface area contributed by atoms with Crippen LogP contribution in [0.3, 0.4) is 0 Å². The molecular weight excluding hydrogens is 803 g/mol. The largest absolute Gasteiger partial charge is 0.208 e. The quantitative estimate of drug-likeness (QED) is 0.119. The maximum absolute atomic E-state index is 5.19. The molecule has 63 heavy (non-hydrogen) atoms. The summed E-state index contributed by atoms with van der Waals surface area (Å²) < 4.78 is 3.75. The van der Waals surface area contributed by atoms with Crippen molar-refractivity contribution >= 4 is 91.3 Å². The Labute approximate surface area is 372 Å². The van der Waals surface area contributed by atoms with Gasteiger partial charge in [-0.2, -0.15) is 0 Å². The van der Waals surface area contributed by atoms with Gasteiger partial charge in [0.15, 0.2) is 17.5 Å². The molecule has 9 aromatic carbocycles. The molecule has 5 heteroatoms. The zero-order valence-electron chi connectivity index (χ0n) is 34.3. The highest BCUT2D eigenvalue weighted by molar-refractivity contribution is 7.26. The average Bonchev–Trinajstić information content (AvgIpc) is 3.89. The first-order chi connectivity index (χ1) is 31.1. The minimum absolute atomic E-state index is 0.641. The maximum Gasteiger partial charge on any atom is 0.164 e. The van der Waals surface area contributed by atoms with E-state index in [0.717, 1.165) is 22.3 Å². The fraction of sp³-hybridized carbons (Fsp3) is 0.0172. The van der Waals surface area contributed by atoms with Crippen molar-refractivity contribution < 1.29 is 0 Å². The second-order valence-electron chi connectivity index (χ2n) is 16.0. The van der Waals surface area contributed by atoms with Crippen LogP contribution in [0.4, 0.5) is 0 Å². The van der Waals surface area contributed by atoms with E-state index in [-0.39, 0.29) is 0 Å². The zero-order chi connectivity index (χ0) is 42.0. The topological polar surface area (TPSA) is 38.7 Å². The number of thiophene rings is 2. The monoisotopic (exact) mass is 839 g/mol. The predicted octanol–water partition coefficient (Wildman–Crippen LogP) is 16.8. The maximum atomic E-state index is 5.19. The number of rotatable bonds is 7. The summed E-state index contributed by atoms with van der Waals surface area (Å²) in [6, 6.07) is 63.5. The summed E-state index contributed by atoms with van der Waals surface area (Å²) in [4.78, 5) is 16.6. The van der Waals surface area contributed by atoms with Gasteiger partial charge in [0.1, 0.15) is 0 Å². The van der Waals surface area contributed by atoms with Crippen molar-refractivity contribution in [2.75, 3.05) is 0 Å². The molecule has 0 spiro atoms. The van der Waals surface area contributed by atoms with Gasteiger partial charge < -0.3 is 0 Å². The second kappa shape index (κ2) is 15.1. The molecule has 0 aliphatic heterocycles. The lowest BCUT2D eigenvalue weighted by atomic mass is 9.91. The van der Waals surface area contributed by atoms with Crippen LogP contribution in [0.25, 0.3) is 125 Å². The molecule has 0 N–H and O–H groups in total. The van der Waals surface area contributed by atoms with Gasteiger partial charge in [-0.15, -0.1) is 22.7 Å². The van der Waals surface area contributed by atoms with Gasteiger partial charge in [-0.1, -0.05) is 164 Å². The first-order valence-electron chi connectivity index (χ1n) is 21.1. The summed E-state index contributed by atoms with van der Waals surface area (Å²) in [5.74, 6) is 1.95. The average molecular weight is 840 g/mol. The van der Waals surface area contributed by atoms with Crippen LogP contribution in [0.15, 0.2) is 195 Å². The van der Waals surface area contributed by atoms with Crippen molar-refractivity contribution in [3.05, 3.63) is 205 Å². The first kappa shape index (κ1) is 37.2. The third-order valence-electron chi connectivity index (χ3n) is 12.3. The molecule has 0 amide bonds. The summed E-state index contributed by atoms with van der Waals surface area (Å²) in [5.41, 5.74) is 8.87. The Morgan fingerprint density at radius 3 is 1.60 bits per heavy atom. The number of aryl methyl sites for hydroxylation is 1. The molecule has 3 aromatic heterocycles. The van der Waals surface area contributed by atoms with E-state index in [4.69, 9.17) is 15.0 Å². The van der Waals surface area contributed by atoms with Crippen molar-refractivity contribution in [2.24, 2.45) is 0 Å². The number of benzene rings is 9. The van der Waals surface area contributed by atoms with E-state index in [9.17, 15) is 0 Å². The molecule has 0 unspecified atom stereocenters. The third kappa shape index (κ3) is 6.27. The number of hydrogen-bond acceptors (Lipinski definition) is 5. The Kier molecular flexibility index (Phi) is 8.92. The van der Waals surface area contributed by atoms with Gasteiger partial charge in [0.2, 0.25) is 0 Å². The smallest absolute Gasteiger partial charge is 0.164 e.